The van der Waals surface area contributed by atoms with Crippen LogP contribution in [0.25, 0.3) is 0 Å². The lowest BCUT2D eigenvalue weighted by molar-refractivity contribution is -0.192. The molecule has 1 aliphatic carbocycles. The van der Waals surface area contributed by atoms with E-state index in [9.17, 15) is 22.8 Å². The molecular formula is C19H26F3N5O4S. The fourth-order valence-electron chi connectivity index (χ4n) is 3.85. The Morgan fingerprint density at radius 3 is 2.44 bits per heavy atom. The zero-order valence-electron chi connectivity index (χ0n) is 17.6. The molecule has 178 valence electrons. The van der Waals surface area contributed by atoms with Crippen molar-refractivity contribution in [3.8, 4) is 0 Å². The summed E-state index contributed by atoms with van der Waals surface area (Å²) in [7, 11) is 0. The van der Waals surface area contributed by atoms with Crippen LogP contribution in [0.15, 0.2) is 5.38 Å². The first-order valence-corrected chi connectivity index (χ1v) is 11.2. The second-order valence-corrected chi connectivity index (χ2v) is 9.14. The molecule has 13 heteroatoms. The number of hydrogen-bond donors (Lipinski definition) is 3. The summed E-state index contributed by atoms with van der Waals surface area (Å²) in [5.74, 6) is -2.65. The smallest absolute Gasteiger partial charge is 0.475 e. The van der Waals surface area contributed by atoms with Crippen LogP contribution in [0.5, 0.6) is 0 Å². The van der Waals surface area contributed by atoms with Gasteiger partial charge in [-0.25, -0.2) is 14.6 Å². The Morgan fingerprint density at radius 1 is 1.31 bits per heavy atom. The van der Waals surface area contributed by atoms with Gasteiger partial charge in [-0.05, 0) is 32.6 Å². The van der Waals surface area contributed by atoms with Gasteiger partial charge in [-0.1, -0.05) is 0 Å². The molecule has 0 aromatic carbocycles. The van der Waals surface area contributed by atoms with Crippen molar-refractivity contribution in [1.29, 1.82) is 0 Å². The highest BCUT2D eigenvalue weighted by molar-refractivity contribution is 7.09. The minimum atomic E-state index is -5.08. The summed E-state index contributed by atoms with van der Waals surface area (Å²) in [6.07, 6.45) is -1.54. The molecule has 2 saturated heterocycles. The average Bonchev–Trinajstić information content (AvgIpc) is 3.44. The molecular weight excluding hydrogens is 451 g/mol. The van der Waals surface area contributed by atoms with Gasteiger partial charge in [0.15, 0.2) is 0 Å². The number of carbonyl (C=O) groups excluding carboxylic acids is 2. The Morgan fingerprint density at radius 2 is 1.94 bits per heavy atom. The van der Waals surface area contributed by atoms with Crippen molar-refractivity contribution >= 4 is 29.2 Å². The van der Waals surface area contributed by atoms with Crippen molar-refractivity contribution in [1.82, 2.24) is 25.4 Å². The molecule has 3 N–H and O–H groups in total. The number of piperidine rings is 1. The second-order valence-electron chi connectivity index (χ2n) is 8.08. The molecule has 1 saturated carbocycles. The first-order valence-electron chi connectivity index (χ1n) is 10.3. The van der Waals surface area contributed by atoms with Gasteiger partial charge in [0.1, 0.15) is 5.54 Å². The lowest BCUT2D eigenvalue weighted by Crippen LogP contribution is -2.68. The molecule has 3 amide bonds. The largest absolute Gasteiger partial charge is 0.490 e. The van der Waals surface area contributed by atoms with E-state index in [0.29, 0.717) is 45.1 Å². The Hall–Kier alpha value is -2.41. The fourth-order valence-corrected chi connectivity index (χ4v) is 4.45. The van der Waals surface area contributed by atoms with E-state index in [1.807, 2.05) is 11.8 Å². The Labute approximate surface area is 187 Å². The topological polar surface area (TPSA) is 115 Å². The van der Waals surface area contributed by atoms with E-state index in [2.05, 4.69) is 25.9 Å². The molecule has 3 heterocycles. The number of likely N-dealkylation sites (tertiary alicyclic amines) is 1. The highest BCUT2D eigenvalue weighted by atomic mass is 32.1. The number of carboxylic acids is 1. The van der Waals surface area contributed by atoms with Gasteiger partial charge in [0, 0.05) is 44.1 Å². The van der Waals surface area contributed by atoms with Crippen molar-refractivity contribution < 1.29 is 32.7 Å². The van der Waals surface area contributed by atoms with Gasteiger partial charge >= 0.3 is 18.2 Å². The van der Waals surface area contributed by atoms with Crippen LogP contribution in [0.1, 0.15) is 36.4 Å². The van der Waals surface area contributed by atoms with E-state index in [-0.39, 0.29) is 11.9 Å². The summed E-state index contributed by atoms with van der Waals surface area (Å²) >= 11 is 1.65. The third-order valence-corrected chi connectivity index (χ3v) is 6.56. The van der Waals surface area contributed by atoms with Crippen molar-refractivity contribution in [2.24, 2.45) is 0 Å². The minimum absolute atomic E-state index is 0.0234. The lowest BCUT2D eigenvalue weighted by atomic mass is 9.83. The predicted molar refractivity (Wildman–Crippen MR) is 109 cm³/mol. The van der Waals surface area contributed by atoms with Crippen molar-refractivity contribution in [3.05, 3.63) is 16.1 Å². The van der Waals surface area contributed by atoms with Gasteiger partial charge in [0.25, 0.3) is 0 Å². The number of nitrogens with zero attached hydrogens (tertiary/aromatic N) is 3. The van der Waals surface area contributed by atoms with Crippen LogP contribution in [0.2, 0.25) is 0 Å². The number of thiazole rings is 1. The normalized spacial score (nSPS) is 20.9. The van der Waals surface area contributed by atoms with Gasteiger partial charge in [-0.3, -0.25) is 9.69 Å². The molecule has 32 heavy (non-hydrogen) atoms. The molecule has 0 bridgehead atoms. The SMILES string of the molecule is Cc1nc(CN2CCNC(=O)C23CCN(C(=O)NC2CC2)CC3)cs1.O=C(O)C(F)(F)F. The zero-order valence-corrected chi connectivity index (χ0v) is 18.4. The minimum Gasteiger partial charge on any atom is -0.475 e. The molecule has 0 unspecified atom stereocenters. The molecule has 4 rings (SSSR count). The van der Waals surface area contributed by atoms with E-state index >= 15 is 0 Å². The highest BCUT2D eigenvalue weighted by Gasteiger charge is 2.48. The standard InChI is InChI=1S/C17H25N5O2S.C2HF3O2/c1-12-19-14(11-25-12)10-22-9-6-18-15(23)17(22)4-7-21(8-5-17)16(24)20-13-2-3-13;3-2(4,5)1(6)7/h11,13H,2-10H2,1H3,(H,18,23)(H,20,24);(H,6,7). The fraction of sp³-hybridized carbons (Fsp3) is 0.684. The van der Waals surface area contributed by atoms with E-state index in [0.717, 1.165) is 30.1 Å². The molecule has 1 aromatic heterocycles. The summed E-state index contributed by atoms with van der Waals surface area (Å²) in [5.41, 5.74) is 0.525. The predicted octanol–water partition coefficient (Wildman–Crippen LogP) is 1.72. The van der Waals surface area contributed by atoms with Gasteiger partial charge in [0.05, 0.1) is 10.7 Å². The number of amides is 3. The van der Waals surface area contributed by atoms with Crippen molar-refractivity contribution in [2.45, 2.75) is 56.9 Å². The van der Waals surface area contributed by atoms with Crippen molar-refractivity contribution in [3.63, 3.8) is 0 Å². The van der Waals surface area contributed by atoms with Crippen LogP contribution in [0.3, 0.4) is 0 Å². The van der Waals surface area contributed by atoms with Crippen LogP contribution < -0.4 is 10.6 Å². The monoisotopic (exact) mass is 477 g/mol. The maximum Gasteiger partial charge on any atom is 0.490 e. The Bertz CT molecular complexity index is 850. The number of nitrogens with one attached hydrogen (secondary N) is 2. The lowest BCUT2D eigenvalue weighted by Gasteiger charge is -2.49. The van der Waals surface area contributed by atoms with Crippen LogP contribution in [-0.2, 0) is 16.1 Å². The van der Waals surface area contributed by atoms with E-state index in [1.165, 1.54) is 0 Å². The van der Waals surface area contributed by atoms with Crippen molar-refractivity contribution in [2.75, 3.05) is 26.2 Å². The molecule has 3 aliphatic rings. The number of hydrogen-bond acceptors (Lipinski definition) is 6. The third kappa shape index (κ3) is 5.88. The molecule has 0 atom stereocenters. The van der Waals surface area contributed by atoms with Gasteiger partial charge in [-0.2, -0.15) is 13.2 Å². The number of piperazine rings is 1. The molecule has 1 aromatic rings. The molecule has 2 aliphatic heterocycles. The quantitative estimate of drug-likeness (QED) is 0.611. The molecule has 1 spiro atoms. The van der Waals surface area contributed by atoms with Gasteiger partial charge in [-0.15, -0.1) is 11.3 Å². The number of carbonyl (C=O) groups is 3. The number of rotatable bonds is 3. The summed E-state index contributed by atoms with van der Waals surface area (Å²) < 4.78 is 31.7. The first-order chi connectivity index (χ1) is 15.0. The third-order valence-electron chi connectivity index (χ3n) is 5.74. The van der Waals surface area contributed by atoms with E-state index in [4.69, 9.17) is 9.90 Å². The second kappa shape index (κ2) is 9.61. The summed E-state index contributed by atoms with van der Waals surface area (Å²) in [6.45, 7) is 5.46. The van der Waals surface area contributed by atoms with Crippen LogP contribution in [0.4, 0.5) is 18.0 Å². The molecule has 0 radical (unpaired) electrons. The number of aliphatic carboxylic acids is 1. The Balaban J connectivity index is 0.000000360. The highest BCUT2D eigenvalue weighted by Crippen LogP contribution is 2.33. The van der Waals surface area contributed by atoms with Gasteiger partial charge < -0.3 is 20.6 Å². The van der Waals surface area contributed by atoms with E-state index in [1.54, 1.807) is 11.3 Å². The summed E-state index contributed by atoms with van der Waals surface area (Å²) in [6, 6.07) is 0.390. The first kappa shape index (κ1) is 24.2. The average molecular weight is 478 g/mol. The van der Waals surface area contributed by atoms with Crippen LogP contribution in [-0.4, -0.2) is 81.7 Å². The number of carboxylic acid groups (broad SMARTS) is 1. The Kier molecular flexibility index (Phi) is 7.28. The number of urea groups is 1. The van der Waals surface area contributed by atoms with Gasteiger partial charge in [0.2, 0.25) is 5.91 Å². The number of aromatic nitrogens is 1. The number of alkyl halides is 3. The number of halogens is 3. The van der Waals surface area contributed by atoms with Crippen LogP contribution in [0, 0.1) is 6.92 Å². The molecule has 9 nitrogen and oxygen atoms in total. The van der Waals surface area contributed by atoms with Crippen LogP contribution >= 0.6 is 11.3 Å². The maximum absolute atomic E-state index is 12.8. The number of aryl methyl sites for hydroxylation is 1. The molecule has 3 fully saturated rings. The maximum atomic E-state index is 12.8. The summed E-state index contributed by atoms with van der Waals surface area (Å²) in [5, 5.41) is 16.3. The summed E-state index contributed by atoms with van der Waals surface area (Å²) in [4.78, 5) is 42.6. The van der Waals surface area contributed by atoms with E-state index < -0.39 is 17.7 Å². The zero-order chi connectivity index (χ0) is 23.5.